The highest BCUT2D eigenvalue weighted by molar-refractivity contribution is 8.00. The van der Waals surface area contributed by atoms with E-state index in [9.17, 15) is 39.6 Å². The number of nitrogens with zero attached hydrogens (tertiary/aromatic N) is 2. The monoisotopic (exact) mass is 1250 g/mol. The summed E-state index contributed by atoms with van der Waals surface area (Å²) in [5.41, 5.74) is -0.950. The van der Waals surface area contributed by atoms with Gasteiger partial charge in [0.1, 0.15) is 35.4 Å². The van der Waals surface area contributed by atoms with Crippen LogP contribution >= 0.6 is 11.8 Å². The molecule has 3 aliphatic rings. The van der Waals surface area contributed by atoms with Crippen LogP contribution in [0.4, 0.5) is 0 Å². The molecule has 4 N–H and O–H groups in total. The largest absolute Gasteiger partial charge is 0.497 e. The molecule has 3 fully saturated rings. The average molecular weight is 1250 g/mol. The lowest BCUT2D eigenvalue weighted by molar-refractivity contribution is -0.319. The molecule has 0 bridgehead atoms. The van der Waals surface area contributed by atoms with Crippen LogP contribution in [0.1, 0.15) is 137 Å². The predicted octanol–water partition coefficient (Wildman–Crippen LogP) is 8.02. The SMILES string of the molecule is CC[C@H]1OC(=O)[C@H](C)[C@@H](O[C@H]2C[C@@](C)(OC)[C@@H](O)[C@H](C)O2)[C@H](C)[C@@H](O[C@@H]2O[C@H](C)C[C@H](N(C)C)[C@H]2OC(=O)[C@@H](C)OC(=O)[C@H](CSC(c2ccccc2)(c2ccc(C)cc2)c2ccc(OC)cc2)CC(C)=O)[C@](C)(O)C[C@@H](C)CN(C)[C@H](C)[C@@H](O)[C@]1(C)O. The Morgan fingerprint density at radius 1 is 0.830 bits per heavy atom. The Labute approximate surface area is 526 Å². The fourth-order valence-electron chi connectivity index (χ4n) is 13.2. The smallest absolute Gasteiger partial charge is 0.347 e. The fraction of sp³-hybridized carbons (Fsp3) is 0.676. The molecule has 0 spiro atoms. The van der Waals surface area contributed by atoms with E-state index in [4.69, 9.17) is 42.6 Å². The van der Waals surface area contributed by atoms with Crippen LogP contribution in [0.5, 0.6) is 5.75 Å². The summed E-state index contributed by atoms with van der Waals surface area (Å²) >= 11 is 1.48. The van der Waals surface area contributed by atoms with E-state index in [0.29, 0.717) is 18.7 Å². The van der Waals surface area contributed by atoms with Crippen molar-refractivity contribution >= 4 is 35.5 Å². The Hall–Kier alpha value is -4.55. The van der Waals surface area contributed by atoms with E-state index in [2.05, 4.69) is 12.1 Å². The number of aryl methyl sites for hydroxylation is 1. The van der Waals surface area contributed by atoms with Gasteiger partial charge in [-0.25, -0.2) is 4.79 Å². The molecule has 3 aromatic rings. The zero-order chi connectivity index (χ0) is 65.4. The number of esters is 3. The molecule has 3 saturated heterocycles. The quantitative estimate of drug-likeness (QED) is 0.0476. The third-order valence-electron chi connectivity index (χ3n) is 18.6. The van der Waals surface area contributed by atoms with Crippen LogP contribution < -0.4 is 4.74 Å². The minimum atomic E-state index is -1.90. The zero-order valence-electron chi connectivity index (χ0n) is 55.2. The van der Waals surface area contributed by atoms with Crippen LogP contribution in [0.15, 0.2) is 78.9 Å². The number of methoxy groups -OCH3 is 2. The van der Waals surface area contributed by atoms with Gasteiger partial charge in [-0.05, 0) is 144 Å². The number of ketones is 1. The number of rotatable bonds is 20. The summed E-state index contributed by atoms with van der Waals surface area (Å²) in [5.74, 6) is -5.32. The standard InChI is InChI=1S/C68H102N2O17S/c1-19-54-67(13,78)58(72)45(8)70(16)37-40(3)35-65(11,77)60(43(6)56(44(7)61(74)84-54)85-55-36-66(12,80-18)59(73)46(9)82-55)87-64-57(53(69(14)15)34-42(5)81-64)86-62(75)47(10)83-63(76)48(33-41(4)71)38-88-68(49-23-21-20-22-24-49,50-27-25-39(2)26-28-50)51-29-31-52(79-17)32-30-51/h20-32,40,42-48,53-60,64,72-73,77-78H,19,33-38H2,1-18H3/t40-,42-,43+,44-,45-,46+,47-,48+,53+,54-,55+,56+,57-,58-,59+,60-,64+,65-,66-,67-,68?/m1/s1. The summed E-state index contributed by atoms with van der Waals surface area (Å²) in [6.45, 7) is 22.4. The summed E-state index contributed by atoms with van der Waals surface area (Å²) in [4.78, 5) is 61.1. The third-order valence-corrected chi connectivity index (χ3v) is 20.3. The number of thioether (sulfide) groups is 1. The van der Waals surface area contributed by atoms with Crippen LogP contribution in [0.25, 0.3) is 0 Å². The molecule has 0 radical (unpaired) electrons. The summed E-state index contributed by atoms with van der Waals surface area (Å²) in [5, 5.41) is 48.3. The first-order valence-electron chi connectivity index (χ1n) is 31.1. The van der Waals surface area contributed by atoms with Crippen LogP contribution in [-0.4, -0.2) is 198 Å². The Balaban J connectivity index is 1.36. The molecule has 88 heavy (non-hydrogen) atoms. The second-order valence-corrected chi connectivity index (χ2v) is 27.4. The van der Waals surface area contributed by atoms with Crippen molar-refractivity contribution in [3.05, 3.63) is 101 Å². The lowest BCUT2D eigenvalue weighted by Crippen LogP contribution is -2.61. The summed E-state index contributed by atoms with van der Waals surface area (Å²) < 4.78 is 56.2. The Bertz CT molecular complexity index is 2730. The molecule has 0 saturated carbocycles. The number of hydrogen-bond acceptors (Lipinski definition) is 20. The molecule has 1 unspecified atom stereocenters. The van der Waals surface area contributed by atoms with Crippen molar-refractivity contribution in [1.82, 2.24) is 9.80 Å². The van der Waals surface area contributed by atoms with Crippen LogP contribution in [0.2, 0.25) is 0 Å². The van der Waals surface area contributed by atoms with Crippen LogP contribution in [0, 0.1) is 30.6 Å². The molecule has 3 aliphatic heterocycles. The van der Waals surface area contributed by atoms with Gasteiger partial charge in [-0.15, -0.1) is 11.8 Å². The fourth-order valence-corrected chi connectivity index (χ4v) is 14.8. The second kappa shape index (κ2) is 30.7. The molecule has 0 amide bonds. The van der Waals surface area contributed by atoms with E-state index in [0.717, 1.165) is 22.3 Å². The molecule has 6 rings (SSSR count). The number of ether oxygens (including phenoxy) is 9. The first kappa shape index (κ1) is 72.5. The molecular formula is C68H102N2O17S. The number of aliphatic hydroxyl groups is 4. The van der Waals surface area contributed by atoms with Crippen molar-refractivity contribution < 1.29 is 82.2 Å². The highest BCUT2D eigenvalue weighted by Gasteiger charge is 2.54. The Kier molecular flexibility index (Phi) is 25.3. The maximum atomic E-state index is 14.8. The lowest BCUT2D eigenvalue weighted by atomic mass is 9.77. The van der Waals surface area contributed by atoms with E-state index >= 15 is 0 Å². The average Bonchev–Trinajstić information content (AvgIpc) is 0.861. The Morgan fingerprint density at radius 2 is 1.43 bits per heavy atom. The van der Waals surface area contributed by atoms with Gasteiger partial charge in [0.15, 0.2) is 24.8 Å². The van der Waals surface area contributed by atoms with Gasteiger partial charge in [-0.3, -0.25) is 9.59 Å². The first-order valence-corrected chi connectivity index (χ1v) is 32.1. The van der Waals surface area contributed by atoms with Gasteiger partial charge < -0.3 is 77.7 Å². The van der Waals surface area contributed by atoms with Gasteiger partial charge in [-0.1, -0.05) is 93.1 Å². The van der Waals surface area contributed by atoms with E-state index in [1.54, 1.807) is 55.6 Å². The number of aliphatic hydroxyl groups excluding tert-OH is 2. The normalized spacial score (nSPS) is 35.3. The number of likely N-dealkylation sites (N-methyl/N-ethyl adjacent to an activating group) is 2. The van der Waals surface area contributed by atoms with Gasteiger partial charge in [0.2, 0.25) is 0 Å². The minimum Gasteiger partial charge on any atom is -0.497 e. The molecule has 0 aromatic heterocycles. The van der Waals surface area contributed by atoms with Gasteiger partial charge in [0, 0.05) is 44.2 Å². The number of cyclic esters (lactones) is 1. The molecule has 3 heterocycles. The van der Waals surface area contributed by atoms with Gasteiger partial charge in [-0.2, -0.15) is 0 Å². The van der Waals surface area contributed by atoms with Crippen molar-refractivity contribution in [1.29, 1.82) is 0 Å². The third kappa shape index (κ3) is 16.9. The Morgan fingerprint density at radius 3 is 2.00 bits per heavy atom. The topological polar surface area (TPSA) is 239 Å². The number of Topliss-reactive ketones (excluding diaryl/α,β-unsaturated/α-hetero) is 1. The predicted molar refractivity (Wildman–Crippen MR) is 335 cm³/mol. The summed E-state index contributed by atoms with van der Waals surface area (Å²) in [6, 6.07) is 24.7. The second-order valence-electron chi connectivity index (χ2n) is 26.2. The zero-order valence-corrected chi connectivity index (χ0v) is 56.0. The van der Waals surface area contributed by atoms with Crippen molar-refractivity contribution in [2.45, 2.75) is 223 Å². The number of benzene rings is 3. The van der Waals surface area contributed by atoms with Gasteiger partial charge >= 0.3 is 17.9 Å². The van der Waals surface area contributed by atoms with Crippen molar-refractivity contribution in [2.24, 2.45) is 23.7 Å². The molecule has 3 aromatic carbocycles. The number of carbonyl (C=O) groups is 4. The molecule has 20 heteroatoms. The summed E-state index contributed by atoms with van der Waals surface area (Å²) in [7, 11) is 8.56. The molecular weight excluding hydrogens is 1150 g/mol. The molecule has 492 valence electrons. The maximum Gasteiger partial charge on any atom is 0.347 e. The minimum absolute atomic E-state index is 0.0378. The molecule has 19 nitrogen and oxygen atoms in total. The molecule has 0 aliphatic carbocycles. The first-order chi connectivity index (χ1) is 41.2. The number of carbonyl (C=O) groups excluding carboxylic acids is 4. The van der Waals surface area contributed by atoms with E-state index in [1.807, 2.05) is 118 Å². The van der Waals surface area contributed by atoms with Crippen LogP contribution in [-0.2, 0) is 61.8 Å². The van der Waals surface area contributed by atoms with E-state index in [1.165, 1.54) is 39.6 Å². The van der Waals surface area contributed by atoms with Crippen molar-refractivity contribution in [3.63, 3.8) is 0 Å². The van der Waals surface area contributed by atoms with Crippen LogP contribution in [0.3, 0.4) is 0 Å². The lowest BCUT2D eigenvalue weighted by Gasteiger charge is -2.49. The maximum absolute atomic E-state index is 14.8. The van der Waals surface area contributed by atoms with E-state index in [-0.39, 0.29) is 43.1 Å². The van der Waals surface area contributed by atoms with E-state index < -0.39 is 137 Å². The van der Waals surface area contributed by atoms with Crippen molar-refractivity contribution in [3.8, 4) is 5.75 Å². The number of hydrogen-bond donors (Lipinski definition) is 4. The van der Waals surface area contributed by atoms with Gasteiger partial charge in [0.05, 0.1) is 65.4 Å². The summed E-state index contributed by atoms with van der Waals surface area (Å²) in [6.07, 6.45) is -12.0. The molecule has 21 atom stereocenters. The highest BCUT2D eigenvalue weighted by Crippen LogP contribution is 2.50. The van der Waals surface area contributed by atoms with Gasteiger partial charge in [0.25, 0.3) is 0 Å². The van der Waals surface area contributed by atoms with Crippen molar-refractivity contribution in [2.75, 3.05) is 47.7 Å². The highest BCUT2D eigenvalue weighted by atomic mass is 32.2.